The Kier molecular flexibility index (Phi) is 5.84. The van der Waals surface area contributed by atoms with Gasteiger partial charge in [0.1, 0.15) is 6.17 Å². The molecule has 0 radical (unpaired) electrons. The average Bonchev–Trinajstić information content (AvgIpc) is 2.13. The Bertz CT molecular complexity index is 181. The number of hydrogen-bond donors (Lipinski definition) is 0. The first-order chi connectivity index (χ1) is 6.10. The first kappa shape index (κ1) is 11.9. The molecule has 0 rings (SSSR count). The minimum atomic E-state index is -1.34. The zero-order chi connectivity index (χ0) is 10.3. The van der Waals surface area contributed by atoms with Crippen LogP contribution in [0.5, 0.6) is 0 Å². The number of rotatable bonds is 5. The van der Waals surface area contributed by atoms with Crippen LogP contribution >= 0.6 is 0 Å². The van der Waals surface area contributed by atoms with Gasteiger partial charge in [-0.1, -0.05) is 0 Å². The second kappa shape index (κ2) is 6.39. The van der Waals surface area contributed by atoms with Crippen LogP contribution in [0.4, 0.5) is 4.39 Å². The fourth-order valence-electron chi connectivity index (χ4n) is 0.743. The van der Waals surface area contributed by atoms with E-state index in [1.165, 1.54) is 14.2 Å². The molecule has 0 aliphatic rings. The number of halogens is 1. The smallest absolute Gasteiger partial charge is 0.308 e. The summed E-state index contributed by atoms with van der Waals surface area (Å²) in [6, 6.07) is 0. The number of carbonyl (C=O) groups is 2. The van der Waals surface area contributed by atoms with Crippen LogP contribution in [0.1, 0.15) is 19.3 Å². The highest BCUT2D eigenvalue weighted by atomic mass is 19.1. The van der Waals surface area contributed by atoms with Gasteiger partial charge in [-0.15, -0.1) is 0 Å². The van der Waals surface area contributed by atoms with Crippen LogP contribution in [0.15, 0.2) is 0 Å². The molecule has 0 saturated carbocycles. The van der Waals surface area contributed by atoms with Crippen molar-refractivity contribution in [1.29, 1.82) is 0 Å². The summed E-state index contributed by atoms with van der Waals surface area (Å²) in [6.07, 6.45) is -1.68. The molecule has 0 aromatic carbocycles. The van der Waals surface area contributed by atoms with Crippen molar-refractivity contribution < 1.29 is 23.5 Å². The molecule has 0 heterocycles. The number of alkyl halides is 1. The van der Waals surface area contributed by atoms with Crippen molar-refractivity contribution in [3.05, 3.63) is 0 Å². The molecule has 5 heteroatoms. The maximum Gasteiger partial charge on any atom is 0.308 e. The van der Waals surface area contributed by atoms with Crippen LogP contribution in [0, 0.1) is 0 Å². The molecule has 0 spiro atoms. The predicted octanol–water partition coefficient (Wildman–Crippen LogP) is 0.841. The van der Waals surface area contributed by atoms with Crippen LogP contribution in [0.25, 0.3) is 0 Å². The van der Waals surface area contributed by atoms with E-state index >= 15 is 0 Å². The molecule has 0 aromatic heterocycles. The van der Waals surface area contributed by atoms with E-state index in [-0.39, 0.29) is 19.3 Å². The van der Waals surface area contributed by atoms with Gasteiger partial charge in [-0.25, -0.2) is 4.39 Å². The lowest BCUT2D eigenvalue weighted by Gasteiger charge is -2.05. The molecule has 1 atom stereocenters. The zero-order valence-corrected chi connectivity index (χ0v) is 7.71. The van der Waals surface area contributed by atoms with Crippen molar-refractivity contribution in [2.24, 2.45) is 0 Å². The van der Waals surface area contributed by atoms with Gasteiger partial charge < -0.3 is 9.47 Å². The summed E-state index contributed by atoms with van der Waals surface area (Å²) < 4.78 is 21.4. The fourth-order valence-corrected chi connectivity index (χ4v) is 0.743. The lowest BCUT2D eigenvalue weighted by molar-refractivity contribution is -0.144. The molecule has 0 fully saturated rings. The number of methoxy groups -OCH3 is 2. The van der Waals surface area contributed by atoms with Gasteiger partial charge in [0.05, 0.1) is 20.6 Å². The van der Waals surface area contributed by atoms with Gasteiger partial charge in [-0.3, -0.25) is 9.59 Å². The van der Waals surface area contributed by atoms with E-state index in [0.717, 1.165) is 0 Å². The van der Waals surface area contributed by atoms with E-state index in [0.29, 0.717) is 0 Å². The third kappa shape index (κ3) is 6.07. The molecule has 4 nitrogen and oxygen atoms in total. The van der Waals surface area contributed by atoms with Gasteiger partial charge in [0, 0.05) is 6.42 Å². The highest BCUT2D eigenvalue weighted by molar-refractivity contribution is 5.71. The standard InChI is InChI=1S/C8H13FO4/c1-12-7(10)4-3-6(9)5-8(11)13-2/h6H,3-5H2,1-2H3. The van der Waals surface area contributed by atoms with E-state index in [9.17, 15) is 14.0 Å². The second-order valence-electron chi connectivity index (χ2n) is 2.49. The normalized spacial score (nSPS) is 11.9. The first-order valence-electron chi connectivity index (χ1n) is 3.87. The van der Waals surface area contributed by atoms with Crippen molar-refractivity contribution in [3.8, 4) is 0 Å². The lowest BCUT2D eigenvalue weighted by atomic mass is 10.1. The third-order valence-electron chi connectivity index (χ3n) is 1.51. The van der Waals surface area contributed by atoms with E-state index in [1.807, 2.05) is 0 Å². The zero-order valence-electron chi connectivity index (χ0n) is 7.71. The van der Waals surface area contributed by atoms with E-state index in [4.69, 9.17) is 0 Å². The number of esters is 2. The van der Waals surface area contributed by atoms with Crippen molar-refractivity contribution in [2.75, 3.05) is 14.2 Å². The Hall–Kier alpha value is -1.13. The molecule has 0 N–H and O–H groups in total. The highest BCUT2D eigenvalue weighted by Crippen LogP contribution is 2.07. The Morgan fingerprint density at radius 1 is 1.23 bits per heavy atom. The summed E-state index contributed by atoms with van der Waals surface area (Å²) in [4.78, 5) is 21.1. The molecule has 0 aromatic rings. The van der Waals surface area contributed by atoms with Crippen LogP contribution < -0.4 is 0 Å². The van der Waals surface area contributed by atoms with E-state index in [1.54, 1.807) is 0 Å². The summed E-state index contributed by atoms with van der Waals surface area (Å²) in [5, 5.41) is 0. The van der Waals surface area contributed by atoms with Crippen LogP contribution in [0.3, 0.4) is 0 Å². The van der Waals surface area contributed by atoms with Crippen LogP contribution in [0.2, 0.25) is 0 Å². The van der Waals surface area contributed by atoms with E-state index < -0.39 is 18.1 Å². The molecule has 1 unspecified atom stereocenters. The Labute approximate surface area is 76.0 Å². The summed E-state index contributed by atoms with van der Waals surface area (Å²) in [7, 11) is 2.42. The van der Waals surface area contributed by atoms with Gasteiger partial charge >= 0.3 is 11.9 Å². The minimum absolute atomic E-state index is 0.0121. The first-order valence-corrected chi connectivity index (χ1v) is 3.87. The Morgan fingerprint density at radius 2 is 1.77 bits per heavy atom. The molecular weight excluding hydrogens is 179 g/mol. The summed E-state index contributed by atoms with van der Waals surface area (Å²) >= 11 is 0. The quantitative estimate of drug-likeness (QED) is 0.606. The Morgan fingerprint density at radius 3 is 2.23 bits per heavy atom. The second-order valence-corrected chi connectivity index (χ2v) is 2.49. The van der Waals surface area contributed by atoms with E-state index in [2.05, 4.69) is 9.47 Å². The largest absolute Gasteiger partial charge is 0.469 e. The van der Waals surface area contributed by atoms with Gasteiger partial charge in [0.25, 0.3) is 0 Å². The predicted molar refractivity (Wildman–Crippen MR) is 42.8 cm³/mol. The SMILES string of the molecule is COC(=O)CCC(F)CC(=O)OC. The van der Waals surface area contributed by atoms with Gasteiger partial charge in [0.15, 0.2) is 0 Å². The number of carbonyl (C=O) groups excluding carboxylic acids is 2. The lowest BCUT2D eigenvalue weighted by Crippen LogP contribution is -2.12. The summed E-state index contributed by atoms with van der Waals surface area (Å²) in [6.45, 7) is 0. The van der Waals surface area contributed by atoms with Gasteiger partial charge in [-0.05, 0) is 6.42 Å². The molecule has 13 heavy (non-hydrogen) atoms. The van der Waals surface area contributed by atoms with Gasteiger partial charge in [0.2, 0.25) is 0 Å². The maximum absolute atomic E-state index is 12.8. The summed E-state index contributed by atoms with van der Waals surface area (Å²) in [5.41, 5.74) is 0. The maximum atomic E-state index is 12.8. The fraction of sp³-hybridized carbons (Fsp3) is 0.750. The third-order valence-corrected chi connectivity index (χ3v) is 1.51. The number of ether oxygens (including phenoxy) is 2. The molecular formula is C8H13FO4. The monoisotopic (exact) mass is 192 g/mol. The molecule has 76 valence electrons. The van der Waals surface area contributed by atoms with Crippen LogP contribution in [-0.4, -0.2) is 32.3 Å². The topological polar surface area (TPSA) is 52.6 Å². The molecule has 0 amide bonds. The number of hydrogen-bond acceptors (Lipinski definition) is 4. The van der Waals surface area contributed by atoms with Crippen molar-refractivity contribution >= 4 is 11.9 Å². The minimum Gasteiger partial charge on any atom is -0.469 e. The highest BCUT2D eigenvalue weighted by Gasteiger charge is 2.14. The molecule has 0 aliphatic heterocycles. The van der Waals surface area contributed by atoms with Gasteiger partial charge in [-0.2, -0.15) is 0 Å². The van der Waals surface area contributed by atoms with Crippen molar-refractivity contribution in [2.45, 2.75) is 25.4 Å². The van der Waals surface area contributed by atoms with Crippen molar-refractivity contribution in [3.63, 3.8) is 0 Å². The molecule has 0 saturated heterocycles. The van der Waals surface area contributed by atoms with Crippen molar-refractivity contribution in [1.82, 2.24) is 0 Å². The Balaban J connectivity index is 3.56. The molecule has 0 aliphatic carbocycles. The van der Waals surface area contributed by atoms with Crippen LogP contribution in [-0.2, 0) is 19.1 Å². The molecule has 0 bridgehead atoms. The average molecular weight is 192 g/mol. The summed E-state index contributed by atoms with van der Waals surface area (Å²) in [5.74, 6) is -1.09.